The van der Waals surface area contributed by atoms with E-state index in [0.717, 1.165) is 12.8 Å². The van der Waals surface area contributed by atoms with Crippen LogP contribution in [0, 0.1) is 0 Å². The van der Waals surface area contributed by atoms with Crippen LogP contribution in [0.1, 0.15) is 44.6 Å². The van der Waals surface area contributed by atoms with Gasteiger partial charge in [0.15, 0.2) is 11.5 Å². The zero-order valence-electron chi connectivity index (χ0n) is 13.8. The Morgan fingerprint density at radius 1 is 1.42 bits per heavy atom. The molecule has 1 aromatic carbocycles. The molecule has 0 aromatic heterocycles. The Bertz CT molecular complexity index is 587. The first-order chi connectivity index (χ1) is 11.6. The third kappa shape index (κ3) is 5.79. The number of phenols is 1. The number of hydrazone groups is 1. The van der Waals surface area contributed by atoms with E-state index in [-0.39, 0.29) is 18.2 Å². The van der Waals surface area contributed by atoms with Gasteiger partial charge in [-0.25, -0.2) is 5.43 Å². The maximum atomic E-state index is 11.8. The van der Waals surface area contributed by atoms with Crippen molar-refractivity contribution in [2.24, 2.45) is 5.10 Å². The molecule has 1 aliphatic rings. The molecule has 2 rings (SSSR count). The zero-order valence-corrected chi connectivity index (χ0v) is 15.4. The Labute approximate surface area is 150 Å². The minimum atomic E-state index is -0.167. The van der Waals surface area contributed by atoms with Gasteiger partial charge in [-0.1, -0.05) is 19.3 Å². The molecule has 3 N–H and O–H groups in total. The van der Waals surface area contributed by atoms with Crippen LogP contribution in [-0.4, -0.2) is 36.4 Å². The number of carbonyl (C=O) groups is 1. The lowest BCUT2D eigenvalue weighted by Gasteiger charge is -2.22. The monoisotopic (exact) mass is 397 g/mol. The van der Waals surface area contributed by atoms with Crippen molar-refractivity contribution in [2.75, 3.05) is 13.2 Å². The molecule has 1 amide bonds. The predicted molar refractivity (Wildman–Crippen MR) is 97.6 cm³/mol. The van der Waals surface area contributed by atoms with Gasteiger partial charge in [-0.15, -0.1) is 0 Å². The second-order valence-electron chi connectivity index (χ2n) is 5.79. The first-order valence-electron chi connectivity index (χ1n) is 8.30. The average molecular weight is 398 g/mol. The molecular formula is C17H24BrN3O3. The molecule has 0 unspecified atom stereocenters. The van der Waals surface area contributed by atoms with E-state index in [9.17, 15) is 9.90 Å². The molecule has 0 spiro atoms. The summed E-state index contributed by atoms with van der Waals surface area (Å²) in [6.07, 6.45) is 7.55. The molecule has 24 heavy (non-hydrogen) atoms. The van der Waals surface area contributed by atoms with E-state index in [1.165, 1.54) is 25.5 Å². The summed E-state index contributed by atoms with van der Waals surface area (Å²) in [6.45, 7) is 2.56. The quantitative estimate of drug-likeness (QED) is 0.487. The van der Waals surface area contributed by atoms with Gasteiger partial charge in [0.25, 0.3) is 5.91 Å². The summed E-state index contributed by atoms with van der Waals surface area (Å²) in [4.78, 5) is 11.8. The minimum absolute atomic E-state index is 0.0507. The highest BCUT2D eigenvalue weighted by atomic mass is 79.9. The second kappa shape index (κ2) is 9.64. The standard InChI is InChI=1S/C17H24BrN3O3/c1-2-24-15-9-12(8-14(18)17(15)23)10-20-21-16(22)11-19-13-6-4-3-5-7-13/h8-10,13,19,23H,2-7,11H2,1H3,(H,21,22)/b20-10-. The fourth-order valence-corrected chi connectivity index (χ4v) is 3.16. The number of rotatable bonds is 7. The summed E-state index contributed by atoms with van der Waals surface area (Å²) in [6, 6.07) is 3.81. The molecule has 0 bridgehead atoms. The number of hydrogen-bond acceptors (Lipinski definition) is 5. The first-order valence-corrected chi connectivity index (χ1v) is 9.10. The van der Waals surface area contributed by atoms with Gasteiger partial charge in [0.1, 0.15) is 0 Å². The van der Waals surface area contributed by atoms with Crippen molar-refractivity contribution in [3.05, 3.63) is 22.2 Å². The molecular weight excluding hydrogens is 374 g/mol. The third-order valence-corrected chi connectivity index (χ3v) is 4.51. The van der Waals surface area contributed by atoms with Crippen molar-refractivity contribution >= 4 is 28.1 Å². The third-order valence-electron chi connectivity index (χ3n) is 3.91. The van der Waals surface area contributed by atoms with Crippen LogP contribution in [0.4, 0.5) is 0 Å². The molecule has 0 heterocycles. The maximum absolute atomic E-state index is 11.8. The van der Waals surface area contributed by atoms with Crippen LogP contribution in [0.3, 0.4) is 0 Å². The maximum Gasteiger partial charge on any atom is 0.254 e. The van der Waals surface area contributed by atoms with Crippen LogP contribution >= 0.6 is 15.9 Å². The predicted octanol–water partition coefficient (Wildman–Crippen LogP) is 2.93. The van der Waals surface area contributed by atoms with E-state index in [1.807, 2.05) is 6.92 Å². The number of amides is 1. The smallest absolute Gasteiger partial charge is 0.254 e. The Morgan fingerprint density at radius 2 is 2.17 bits per heavy atom. The highest BCUT2D eigenvalue weighted by molar-refractivity contribution is 9.10. The van der Waals surface area contributed by atoms with Crippen LogP contribution in [0.15, 0.2) is 21.7 Å². The SMILES string of the molecule is CCOc1cc(/C=N\NC(=O)CNC2CCCCC2)cc(Br)c1O. The fourth-order valence-electron chi connectivity index (χ4n) is 2.70. The van der Waals surface area contributed by atoms with E-state index in [2.05, 4.69) is 31.8 Å². The normalized spacial score (nSPS) is 15.6. The van der Waals surface area contributed by atoms with Crippen molar-refractivity contribution in [2.45, 2.75) is 45.1 Å². The van der Waals surface area contributed by atoms with Crippen molar-refractivity contribution in [1.82, 2.24) is 10.7 Å². The van der Waals surface area contributed by atoms with Crippen molar-refractivity contribution in [3.8, 4) is 11.5 Å². The van der Waals surface area contributed by atoms with Crippen LogP contribution in [0.25, 0.3) is 0 Å². The largest absolute Gasteiger partial charge is 0.503 e. The molecule has 132 valence electrons. The number of carbonyl (C=O) groups excluding carboxylic acids is 1. The highest BCUT2D eigenvalue weighted by Crippen LogP contribution is 2.35. The summed E-state index contributed by atoms with van der Waals surface area (Å²) >= 11 is 3.27. The molecule has 1 aliphatic carbocycles. The second-order valence-corrected chi connectivity index (χ2v) is 6.65. The number of aromatic hydroxyl groups is 1. The lowest BCUT2D eigenvalue weighted by atomic mass is 9.95. The molecule has 7 heteroatoms. The van der Waals surface area contributed by atoms with Gasteiger partial charge < -0.3 is 15.2 Å². The summed E-state index contributed by atoms with van der Waals surface area (Å²) < 4.78 is 5.87. The van der Waals surface area contributed by atoms with E-state index < -0.39 is 0 Å². The number of hydrogen-bond donors (Lipinski definition) is 3. The van der Waals surface area contributed by atoms with E-state index in [4.69, 9.17) is 4.74 Å². The number of benzene rings is 1. The number of ether oxygens (including phenoxy) is 1. The summed E-state index contributed by atoms with van der Waals surface area (Å²) in [5.41, 5.74) is 3.22. The molecule has 1 saturated carbocycles. The first kappa shape index (κ1) is 18.7. The van der Waals surface area contributed by atoms with Gasteiger partial charge in [-0.2, -0.15) is 5.10 Å². The fraction of sp³-hybridized carbons (Fsp3) is 0.529. The Morgan fingerprint density at radius 3 is 2.88 bits per heavy atom. The Hall–Kier alpha value is -1.60. The molecule has 0 aliphatic heterocycles. The summed E-state index contributed by atoms with van der Waals surface area (Å²) in [5, 5.41) is 17.1. The van der Waals surface area contributed by atoms with Crippen LogP contribution in [-0.2, 0) is 4.79 Å². The lowest BCUT2D eigenvalue weighted by molar-refractivity contribution is -0.120. The number of phenolic OH excluding ortho intramolecular Hbond substituents is 1. The topological polar surface area (TPSA) is 83.0 Å². The van der Waals surface area contributed by atoms with Crippen LogP contribution < -0.4 is 15.5 Å². The van der Waals surface area contributed by atoms with Crippen molar-refractivity contribution in [3.63, 3.8) is 0 Å². The Kier molecular flexibility index (Phi) is 7.52. The van der Waals surface area contributed by atoms with Gasteiger partial charge >= 0.3 is 0 Å². The molecule has 0 atom stereocenters. The summed E-state index contributed by atoms with van der Waals surface area (Å²) in [7, 11) is 0. The summed E-state index contributed by atoms with van der Waals surface area (Å²) in [5.74, 6) is 0.257. The van der Waals surface area contributed by atoms with Crippen molar-refractivity contribution in [1.29, 1.82) is 0 Å². The average Bonchev–Trinajstić information content (AvgIpc) is 2.58. The number of nitrogens with one attached hydrogen (secondary N) is 2. The zero-order chi connectivity index (χ0) is 17.4. The van der Waals surface area contributed by atoms with Gasteiger partial charge in [0, 0.05) is 6.04 Å². The van der Waals surface area contributed by atoms with Gasteiger partial charge in [0.05, 0.1) is 23.8 Å². The number of halogens is 1. The molecule has 0 saturated heterocycles. The molecule has 0 radical (unpaired) electrons. The molecule has 6 nitrogen and oxygen atoms in total. The molecule has 1 aromatic rings. The van der Waals surface area contributed by atoms with Crippen LogP contribution in [0.5, 0.6) is 11.5 Å². The van der Waals surface area contributed by atoms with Crippen LogP contribution in [0.2, 0.25) is 0 Å². The Balaban J connectivity index is 1.83. The molecule has 1 fully saturated rings. The van der Waals surface area contributed by atoms with Gasteiger partial charge in [0.2, 0.25) is 0 Å². The van der Waals surface area contributed by atoms with E-state index in [1.54, 1.807) is 12.1 Å². The highest BCUT2D eigenvalue weighted by Gasteiger charge is 2.13. The minimum Gasteiger partial charge on any atom is -0.503 e. The van der Waals surface area contributed by atoms with E-state index >= 15 is 0 Å². The number of nitrogens with zero attached hydrogens (tertiary/aromatic N) is 1. The lowest BCUT2D eigenvalue weighted by Crippen LogP contribution is -2.38. The van der Waals surface area contributed by atoms with E-state index in [0.29, 0.717) is 28.4 Å². The van der Waals surface area contributed by atoms with Gasteiger partial charge in [-0.3, -0.25) is 4.79 Å². The van der Waals surface area contributed by atoms with Gasteiger partial charge in [-0.05, 0) is 53.4 Å². The van der Waals surface area contributed by atoms with Crippen molar-refractivity contribution < 1.29 is 14.6 Å².